The Labute approximate surface area is 92.3 Å². The Morgan fingerprint density at radius 2 is 1.75 bits per heavy atom. The van der Waals surface area contributed by atoms with Crippen molar-refractivity contribution in [1.29, 1.82) is 0 Å². The van der Waals surface area contributed by atoms with E-state index in [1.807, 2.05) is 0 Å². The lowest BCUT2D eigenvalue weighted by Gasteiger charge is -2.30. The third kappa shape index (κ3) is 2.60. The number of aliphatic hydroxyl groups excluding tert-OH is 3. The fourth-order valence-corrected chi connectivity index (χ4v) is 1.20. The molecule has 6 N–H and O–H groups in total. The second-order valence-electron chi connectivity index (χ2n) is 3.61. The molecule has 90 valence electrons. The van der Waals surface area contributed by atoms with Gasteiger partial charge >= 0.3 is 0 Å². The monoisotopic (exact) mass is 230 g/mol. The second-order valence-corrected chi connectivity index (χ2v) is 3.61. The van der Waals surface area contributed by atoms with Gasteiger partial charge in [-0.1, -0.05) is 0 Å². The first-order valence-corrected chi connectivity index (χ1v) is 4.73. The van der Waals surface area contributed by atoms with Crippen molar-refractivity contribution in [3.8, 4) is 0 Å². The van der Waals surface area contributed by atoms with E-state index in [1.165, 1.54) is 12.1 Å². The van der Waals surface area contributed by atoms with Crippen LogP contribution in [0.2, 0.25) is 0 Å². The summed E-state index contributed by atoms with van der Waals surface area (Å²) in [6.07, 6.45) is 0. The molecule has 0 aromatic heterocycles. The zero-order valence-corrected chi connectivity index (χ0v) is 8.65. The number of hydrogen-bond donors (Lipinski definition) is 5. The van der Waals surface area contributed by atoms with E-state index < -0.39 is 31.2 Å². The fourth-order valence-electron chi connectivity index (χ4n) is 1.20. The minimum atomic E-state index is -1.27. The van der Waals surface area contributed by atoms with E-state index in [0.717, 1.165) is 6.07 Å². The number of hydrogen-bond acceptors (Lipinski definition) is 5. The van der Waals surface area contributed by atoms with Crippen LogP contribution in [0.5, 0.6) is 0 Å². The molecule has 0 unspecified atom stereocenters. The van der Waals surface area contributed by atoms with Crippen LogP contribution in [-0.4, -0.2) is 40.7 Å². The SMILES string of the molecule is Nc1cc(F)ccc1NC(CO)(CO)CO. The lowest BCUT2D eigenvalue weighted by molar-refractivity contribution is 0.0834. The van der Waals surface area contributed by atoms with Crippen molar-refractivity contribution in [3.63, 3.8) is 0 Å². The molecule has 0 fully saturated rings. The quantitative estimate of drug-likeness (QED) is 0.441. The molecule has 0 saturated heterocycles. The van der Waals surface area contributed by atoms with E-state index in [-0.39, 0.29) is 5.69 Å². The molecule has 0 amide bonds. The Kier molecular flexibility index (Phi) is 4.05. The number of nitrogens with one attached hydrogen (secondary N) is 1. The van der Waals surface area contributed by atoms with Gasteiger partial charge in [-0.3, -0.25) is 0 Å². The maximum atomic E-state index is 12.8. The van der Waals surface area contributed by atoms with Gasteiger partial charge in [-0.25, -0.2) is 4.39 Å². The summed E-state index contributed by atoms with van der Waals surface area (Å²) in [7, 11) is 0. The Morgan fingerprint density at radius 3 is 2.19 bits per heavy atom. The van der Waals surface area contributed by atoms with Crippen LogP contribution in [0.25, 0.3) is 0 Å². The topological polar surface area (TPSA) is 98.7 Å². The minimum Gasteiger partial charge on any atom is -0.397 e. The maximum absolute atomic E-state index is 12.8. The van der Waals surface area contributed by atoms with Crippen LogP contribution in [-0.2, 0) is 0 Å². The van der Waals surface area contributed by atoms with Gasteiger partial charge in [0.25, 0.3) is 0 Å². The Hall–Kier alpha value is -1.37. The molecule has 0 aliphatic carbocycles. The Bertz CT molecular complexity index is 348. The smallest absolute Gasteiger partial charge is 0.125 e. The van der Waals surface area contributed by atoms with Crippen LogP contribution in [0.3, 0.4) is 0 Å². The molecule has 0 aliphatic rings. The molecule has 0 bridgehead atoms. The fraction of sp³-hybridized carbons (Fsp3) is 0.400. The number of aliphatic hydroxyl groups is 3. The molecule has 1 aromatic rings. The zero-order valence-electron chi connectivity index (χ0n) is 8.65. The zero-order chi connectivity index (χ0) is 12.2. The number of nitrogens with two attached hydrogens (primary N) is 1. The third-order valence-corrected chi connectivity index (χ3v) is 2.32. The largest absolute Gasteiger partial charge is 0.397 e. The van der Waals surface area contributed by atoms with Gasteiger partial charge in [-0.15, -0.1) is 0 Å². The van der Waals surface area contributed by atoms with E-state index in [1.54, 1.807) is 0 Å². The molecule has 5 nitrogen and oxygen atoms in total. The standard InChI is InChI=1S/C10H15FN2O3/c11-7-1-2-9(8(12)3-7)13-10(4-14,5-15)6-16/h1-3,13-16H,4-6,12H2. The average Bonchev–Trinajstić information content (AvgIpc) is 2.29. The molecule has 0 atom stereocenters. The summed E-state index contributed by atoms with van der Waals surface area (Å²) in [5.41, 5.74) is 4.76. The van der Waals surface area contributed by atoms with Gasteiger partial charge in [0.05, 0.1) is 31.2 Å². The molecule has 0 spiro atoms. The first-order chi connectivity index (χ1) is 7.56. The summed E-state index contributed by atoms with van der Waals surface area (Å²) in [4.78, 5) is 0. The summed E-state index contributed by atoms with van der Waals surface area (Å²) in [6.45, 7) is -1.43. The summed E-state index contributed by atoms with van der Waals surface area (Å²) in [5.74, 6) is -0.481. The maximum Gasteiger partial charge on any atom is 0.125 e. The van der Waals surface area contributed by atoms with E-state index in [2.05, 4.69) is 5.32 Å². The van der Waals surface area contributed by atoms with E-state index in [0.29, 0.717) is 5.69 Å². The molecule has 0 saturated carbocycles. The van der Waals surface area contributed by atoms with Crippen LogP contribution in [0.1, 0.15) is 0 Å². The highest BCUT2D eigenvalue weighted by Gasteiger charge is 2.28. The van der Waals surface area contributed by atoms with Gasteiger partial charge in [0.2, 0.25) is 0 Å². The van der Waals surface area contributed by atoms with Crippen molar-refractivity contribution in [2.45, 2.75) is 5.54 Å². The van der Waals surface area contributed by atoms with Crippen molar-refractivity contribution in [3.05, 3.63) is 24.0 Å². The third-order valence-electron chi connectivity index (χ3n) is 2.32. The van der Waals surface area contributed by atoms with Gasteiger partial charge < -0.3 is 26.4 Å². The highest BCUT2D eigenvalue weighted by molar-refractivity contribution is 5.67. The molecule has 1 rings (SSSR count). The molecule has 0 heterocycles. The highest BCUT2D eigenvalue weighted by atomic mass is 19.1. The molecular weight excluding hydrogens is 215 g/mol. The normalized spacial score (nSPS) is 11.5. The Balaban J connectivity index is 2.93. The van der Waals surface area contributed by atoms with Crippen LogP contribution < -0.4 is 11.1 Å². The van der Waals surface area contributed by atoms with Crippen LogP contribution in [0.15, 0.2) is 18.2 Å². The predicted molar refractivity (Wildman–Crippen MR) is 58.4 cm³/mol. The van der Waals surface area contributed by atoms with Gasteiger partial charge in [-0.05, 0) is 18.2 Å². The van der Waals surface area contributed by atoms with E-state index in [4.69, 9.17) is 21.1 Å². The number of benzene rings is 1. The van der Waals surface area contributed by atoms with Gasteiger partial charge in [0, 0.05) is 0 Å². The van der Waals surface area contributed by atoms with Crippen molar-refractivity contribution in [1.82, 2.24) is 0 Å². The predicted octanol–water partition coefficient (Wildman–Crippen LogP) is -0.465. The first-order valence-electron chi connectivity index (χ1n) is 4.73. The summed E-state index contributed by atoms with van der Waals surface area (Å²) in [6, 6.07) is 3.68. The Morgan fingerprint density at radius 1 is 1.19 bits per heavy atom. The van der Waals surface area contributed by atoms with Crippen molar-refractivity contribution < 1.29 is 19.7 Å². The average molecular weight is 230 g/mol. The number of anilines is 2. The molecular formula is C10H15FN2O3. The molecule has 1 aromatic carbocycles. The molecule has 6 heteroatoms. The van der Waals surface area contributed by atoms with Crippen LogP contribution in [0.4, 0.5) is 15.8 Å². The number of rotatable bonds is 5. The lowest BCUT2D eigenvalue weighted by Crippen LogP contribution is -2.49. The van der Waals surface area contributed by atoms with Crippen molar-refractivity contribution in [2.75, 3.05) is 30.9 Å². The van der Waals surface area contributed by atoms with Crippen molar-refractivity contribution in [2.24, 2.45) is 0 Å². The van der Waals surface area contributed by atoms with Gasteiger partial charge in [0.1, 0.15) is 11.4 Å². The van der Waals surface area contributed by atoms with E-state index >= 15 is 0 Å². The molecule has 0 aliphatic heterocycles. The van der Waals surface area contributed by atoms with Crippen LogP contribution >= 0.6 is 0 Å². The first kappa shape index (κ1) is 12.7. The summed E-state index contributed by atoms with van der Waals surface area (Å²) in [5, 5.41) is 30.0. The molecule has 16 heavy (non-hydrogen) atoms. The summed E-state index contributed by atoms with van der Waals surface area (Å²) >= 11 is 0. The highest BCUT2D eigenvalue weighted by Crippen LogP contribution is 2.22. The summed E-state index contributed by atoms with van der Waals surface area (Å²) < 4.78 is 12.8. The van der Waals surface area contributed by atoms with Crippen molar-refractivity contribution >= 4 is 11.4 Å². The number of halogens is 1. The van der Waals surface area contributed by atoms with Gasteiger partial charge in [0.15, 0.2) is 0 Å². The lowest BCUT2D eigenvalue weighted by atomic mass is 10.0. The van der Waals surface area contributed by atoms with Gasteiger partial charge in [-0.2, -0.15) is 0 Å². The second kappa shape index (κ2) is 5.11. The number of nitrogen functional groups attached to an aromatic ring is 1. The minimum absolute atomic E-state index is 0.139. The molecule has 0 radical (unpaired) electrons. The van der Waals surface area contributed by atoms with Crippen LogP contribution in [0, 0.1) is 5.82 Å². The van der Waals surface area contributed by atoms with E-state index in [9.17, 15) is 4.39 Å².